The average molecular weight is 202 g/mol. The second kappa shape index (κ2) is 4.84. The topological polar surface area (TPSA) is 35.8 Å². The van der Waals surface area contributed by atoms with Gasteiger partial charge in [-0.25, -0.2) is 0 Å². The molecule has 0 spiro atoms. The summed E-state index contributed by atoms with van der Waals surface area (Å²) in [6.45, 7) is 6.68. The number of nitrogens with zero attached hydrogens (tertiary/aromatic N) is 1. The van der Waals surface area contributed by atoms with Crippen LogP contribution in [-0.4, -0.2) is 6.54 Å². The molecule has 0 unspecified atom stereocenters. The van der Waals surface area contributed by atoms with Crippen LogP contribution in [0.5, 0.6) is 0 Å². The van der Waals surface area contributed by atoms with Crippen molar-refractivity contribution in [3.8, 4) is 6.07 Å². The molecule has 1 aromatic rings. The highest BCUT2D eigenvalue weighted by molar-refractivity contribution is 5.45. The smallest absolute Gasteiger partial charge is 0.0702 e. The summed E-state index contributed by atoms with van der Waals surface area (Å²) < 4.78 is 0. The van der Waals surface area contributed by atoms with Crippen LogP contribution in [0.4, 0.5) is 5.69 Å². The lowest BCUT2D eigenvalue weighted by Gasteiger charge is -2.16. The Morgan fingerprint density at radius 3 is 2.33 bits per heavy atom. The van der Waals surface area contributed by atoms with E-state index in [1.54, 1.807) is 0 Å². The number of hydrogen-bond acceptors (Lipinski definition) is 2. The van der Waals surface area contributed by atoms with Crippen molar-refractivity contribution in [1.82, 2.24) is 0 Å². The fraction of sp³-hybridized carbons (Fsp3) is 0.462. The van der Waals surface area contributed by atoms with Gasteiger partial charge in [0.2, 0.25) is 0 Å². The summed E-state index contributed by atoms with van der Waals surface area (Å²) >= 11 is 0. The van der Waals surface area contributed by atoms with Crippen LogP contribution in [0.3, 0.4) is 0 Å². The summed E-state index contributed by atoms with van der Waals surface area (Å²) in [4.78, 5) is 0. The molecule has 80 valence electrons. The Labute approximate surface area is 91.9 Å². The van der Waals surface area contributed by atoms with Gasteiger partial charge in [-0.2, -0.15) is 5.26 Å². The zero-order chi connectivity index (χ0) is 11.3. The second-order valence-electron chi connectivity index (χ2n) is 4.40. The second-order valence-corrected chi connectivity index (χ2v) is 4.40. The largest absolute Gasteiger partial charge is 0.383 e. The molecule has 0 bridgehead atoms. The Morgan fingerprint density at radius 1 is 1.27 bits per heavy atom. The summed E-state index contributed by atoms with van der Waals surface area (Å²) in [5, 5.41) is 12.1. The summed E-state index contributed by atoms with van der Waals surface area (Å²) in [6, 6.07) is 10.6. The zero-order valence-corrected chi connectivity index (χ0v) is 9.67. The van der Waals surface area contributed by atoms with Crippen LogP contribution >= 0.6 is 0 Å². The van der Waals surface area contributed by atoms with Gasteiger partial charge in [0.25, 0.3) is 0 Å². The van der Waals surface area contributed by atoms with Crippen molar-refractivity contribution < 1.29 is 0 Å². The van der Waals surface area contributed by atoms with Gasteiger partial charge in [0.15, 0.2) is 0 Å². The van der Waals surface area contributed by atoms with Crippen molar-refractivity contribution >= 4 is 5.69 Å². The fourth-order valence-electron chi connectivity index (χ4n) is 1.22. The predicted octanol–water partition coefficient (Wildman–Crippen LogP) is 3.21. The fourth-order valence-corrected chi connectivity index (χ4v) is 1.22. The Balaban J connectivity index is 2.56. The molecular weight excluding hydrogens is 184 g/mol. The van der Waals surface area contributed by atoms with E-state index in [1.165, 1.54) is 5.56 Å². The number of anilines is 1. The van der Waals surface area contributed by atoms with E-state index in [-0.39, 0.29) is 5.41 Å². The van der Waals surface area contributed by atoms with E-state index in [2.05, 4.69) is 42.6 Å². The molecule has 0 aromatic heterocycles. The molecule has 15 heavy (non-hydrogen) atoms. The van der Waals surface area contributed by atoms with Crippen LogP contribution < -0.4 is 5.32 Å². The first-order chi connectivity index (χ1) is 7.07. The van der Waals surface area contributed by atoms with Crippen LogP contribution in [0.25, 0.3) is 0 Å². The van der Waals surface area contributed by atoms with E-state index < -0.39 is 0 Å². The molecule has 0 saturated carbocycles. The molecule has 0 fully saturated rings. The van der Waals surface area contributed by atoms with Crippen molar-refractivity contribution in [2.24, 2.45) is 5.41 Å². The van der Waals surface area contributed by atoms with Crippen LogP contribution in [-0.2, 0) is 6.42 Å². The maximum Gasteiger partial charge on any atom is 0.0702 e. The van der Waals surface area contributed by atoms with Gasteiger partial charge in [-0.15, -0.1) is 0 Å². The van der Waals surface area contributed by atoms with Gasteiger partial charge in [-0.3, -0.25) is 0 Å². The highest BCUT2D eigenvalue weighted by Crippen LogP contribution is 2.16. The lowest BCUT2D eigenvalue weighted by atomic mass is 9.96. The molecule has 0 heterocycles. The zero-order valence-electron chi connectivity index (χ0n) is 9.67. The number of rotatable bonds is 4. The number of hydrogen-bond donors (Lipinski definition) is 1. The van der Waals surface area contributed by atoms with Gasteiger partial charge in [-0.05, 0) is 38.0 Å². The molecule has 1 N–H and O–H groups in total. The van der Waals surface area contributed by atoms with Crippen LogP contribution in [0.2, 0.25) is 0 Å². The summed E-state index contributed by atoms with van der Waals surface area (Å²) in [6.07, 6.45) is 1.06. The van der Waals surface area contributed by atoms with E-state index in [1.807, 2.05) is 13.8 Å². The van der Waals surface area contributed by atoms with Crippen LogP contribution in [0.15, 0.2) is 24.3 Å². The highest BCUT2D eigenvalue weighted by atomic mass is 14.9. The third-order valence-corrected chi connectivity index (χ3v) is 2.40. The van der Waals surface area contributed by atoms with Gasteiger partial charge in [-0.1, -0.05) is 19.1 Å². The quantitative estimate of drug-likeness (QED) is 0.813. The average Bonchev–Trinajstić information content (AvgIpc) is 2.27. The Kier molecular flexibility index (Phi) is 3.74. The first-order valence-corrected chi connectivity index (χ1v) is 5.31. The van der Waals surface area contributed by atoms with Gasteiger partial charge < -0.3 is 5.32 Å². The molecule has 0 atom stereocenters. The molecular formula is C13H18N2. The molecule has 0 amide bonds. The van der Waals surface area contributed by atoms with Gasteiger partial charge >= 0.3 is 0 Å². The Morgan fingerprint density at radius 2 is 1.87 bits per heavy atom. The Bertz CT molecular complexity index is 344. The summed E-state index contributed by atoms with van der Waals surface area (Å²) in [7, 11) is 0. The molecule has 0 aliphatic rings. The third-order valence-electron chi connectivity index (χ3n) is 2.40. The van der Waals surface area contributed by atoms with E-state index in [0.717, 1.165) is 12.1 Å². The highest BCUT2D eigenvalue weighted by Gasteiger charge is 2.15. The normalized spacial score (nSPS) is 10.8. The molecule has 0 saturated heterocycles. The van der Waals surface area contributed by atoms with Gasteiger partial charge in [0.1, 0.15) is 0 Å². The standard InChI is InChI=1S/C13H18N2/c1-4-11-5-7-12(8-6-11)15-10-13(2,3)9-14/h5-8,15H,4,10H2,1-3H3. The maximum atomic E-state index is 8.86. The number of benzene rings is 1. The molecule has 2 heteroatoms. The molecule has 0 aliphatic heterocycles. The van der Waals surface area contributed by atoms with Crippen molar-refractivity contribution in [2.45, 2.75) is 27.2 Å². The van der Waals surface area contributed by atoms with E-state index in [4.69, 9.17) is 5.26 Å². The molecule has 1 rings (SSSR count). The molecule has 2 nitrogen and oxygen atoms in total. The molecule has 1 aromatic carbocycles. The van der Waals surface area contributed by atoms with Gasteiger partial charge in [0, 0.05) is 12.2 Å². The summed E-state index contributed by atoms with van der Waals surface area (Å²) in [5.74, 6) is 0. The molecule has 0 aliphatic carbocycles. The number of aryl methyl sites for hydroxylation is 1. The van der Waals surface area contributed by atoms with Crippen molar-refractivity contribution in [2.75, 3.05) is 11.9 Å². The monoisotopic (exact) mass is 202 g/mol. The third kappa shape index (κ3) is 3.63. The lowest BCUT2D eigenvalue weighted by molar-refractivity contribution is 0.529. The molecule has 0 radical (unpaired) electrons. The maximum absolute atomic E-state index is 8.86. The number of nitrogens with one attached hydrogen (secondary N) is 1. The number of nitriles is 1. The van der Waals surface area contributed by atoms with Crippen molar-refractivity contribution in [3.05, 3.63) is 29.8 Å². The minimum Gasteiger partial charge on any atom is -0.383 e. The lowest BCUT2D eigenvalue weighted by Crippen LogP contribution is -2.20. The summed E-state index contributed by atoms with van der Waals surface area (Å²) in [5.41, 5.74) is 2.10. The SMILES string of the molecule is CCc1ccc(NCC(C)(C)C#N)cc1. The van der Waals surface area contributed by atoms with E-state index in [9.17, 15) is 0 Å². The van der Waals surface area contributed by atoms with E-state index >= 15 is 0 Å². The Hall–Kier alpha value is -1.49. The van der Waals surface area contributed by atoms with E-state index in [0.29, 0.717) is 6.54 Å². The van der Waals surface area contributed by atoms with Gasteiger partial charge in [0.05, 0.1) is 11.5 Å². The minimum absolute atomic E-state index is 0.316. The van der Waals surface area contributed by atoms with Crippen LogP contribution in [0.1, 0.15) is 26.3 Å². The predicted molar refractivity (Wildman–Crippen MR) is 63.7 cm³/mol. The first-order valence-electron chi connectivity index (χ1n) is 5.31. The van der Waals surface area contributed by atoms with Crippen molar-refractivity contribution in [3.63, 3.8) is 0 Å². The van der Waals surface area contributed by atoms with Crippen LogP contribution in [0, 0.1) is 16.7 Å². The van der Waals surface area contributed by atoms with Crippen molar-refractivity contribution in [1.29, 1.82) is 5.26 Å². The first kappa shape index (κ1) is 11.6. The minimum atomic E-state index is -0.316.